The number of halogens is 1. The predicted octanol–water partition coefficient (Wildman–Crippen LogP) is 4.05. The van der Waals surface area contributed by atoms with Crippen LogP contribution in [-0.2, 0) is 14.3 Å². The number of carbonyl (C=O) groups excluding carboxylic acids is 3. The summed E-state index contributed by atoms with van der Waals surface area (Å²) in [5, 5.41) is 3.12. The molecule has 1 fully saturated rings. The van der Waals surface area contributed by atoms with Crippen molar-refractivity contribution in [1.82, 2.24) is 14.3 Å². The molecular weight excluding hydrogens is 480 g/mol. The molecule has 2 amide bonds. The van der Waals surface area contributed by atoms with Crippen LogP contribution in [0.5, 0.6) is 0 Å². The van der Waals surface area contributed by atoms with Crippen molar-refractivity contribution in [3.8, 4) is 11.1 Å². The second kappa shape index (κ2) is 10.3. The Morgan fingerprint density at radius 2 is 1.78 bits per heavy atom. The third-order valence-corrected chi connectivity index (χ3v) is 6.49. The van der Waals surface area contributed by atoms with Gasteiger partial charge in [-0.3, -0.25) is 14.0 Å². The second-order valence-corrected chi connectivity index (χ2v) is 8.81. The Hall–Kier alpha value is -4.01. The highest BCUT2D eigenvalue weighted by Gasteiger charge is 2.23. The summed E-state index contributed by atoms with van der Waals surface area (Å²) < 4.78 is 7.11. The van der Waals surface area contributed by atoms with Gasteiger partial charge in [0.2, 0.25) is 5.91 Å². The number of morpholine rings is 1. The maximum Gasteiger partial charge on any atom is 0.272 e. The summed E-state index contributed by atoms with van der Waals surface area (Å²) in [5.41, 5.74) is 3.68. The quantitative estimate of drug-likeness (QED) is 0.317. The molecule has 1 aliphatic rings. The van der Waals surface area contributed by atoms with Crippen molar-refractivity contribution in [3.05, 3.63) is 89.3 Å². The summed E-state index contributed by atoms with van der Waals surface area (Å²) in [6.07, 6.45) is 4.03. The first-order chi connectivity index (χ1) is 17.5. The van der Waals surface area contributed by atoms with Crippen LogP contribution in [0.25, 0.3) is 16.8 Å². The number of anilines is 1. The molecule has 0 spiro atoms. The van der Waals surface area contributed by atoms with Crippen molar-refractivity contribution in [2.45, 2.75) is 5.92 Å². The molecule has 1 atom stereocenters. The number of nitrogens with one attached hydrogen (secondary N) is 1. The number of amides is 2. The number of imidazole rings is 1. The maximum atomic E-state index is 13.1. The molecule has 8 nitrogen and oxygen atoms in total. The van der Waals surface area contributed by atoms with Crippen molar-refractivity contribution in [1.29, 1.82) is 0 Å². The van der Waals surface area contributed by atoms with Crippen molar-refractivity contribution in [2.75, 3.05) is 31.6 Å². The van der Waals surface area contributed by atoms with Gasteiger partial charge in [0.05, 0.1) is 30.1 Å². The second-order valence-electron chi connectivity index (χ2n) is 8.40. The number of pyridine rings is 1. The fourth-order valence-electron chi connectivity index (χ4n) is 4.20. The zero-order chi connectivity index (χ0) is 25.1. The van der Waals surface area contributed by atoms with Gasteiger partial charge >= 0.3 is 0 Å². The molecule has 9 heteroatoms. The van der Waals surface area contributed by atoms with Crippen LogP contribution in [0.2, 0.25) is 5.02 Å². The maximum absolute atomic E-state index is 13.1. The monoisotopic (exact) mass is 502 g/mol. The molecule has 1 aliphatic heterocycles. The van der Waals surface area contributed by atoms with E-state index in [1.807, 2.05) is 30.5 Å². The van der Waals surface area contributed by atoms with E-state index in [0.29, 0.717) is 60.2 Å². The van der Waals surface area contributed by atoms with Gasteiger partial charge in [0.1, 0.15) is 23.5 Å². The summed E-state index contributed by atoms with van der Waals surface area (Å²) in [5.74, 6) is -1.53. The van der Waals surface area contributed by atoms with Crippen molar-refractivity contribution < 1.29 is 19.1 Å². The van der Waals surface area contributed by atoms with Gasteiger partial charge in [0.25, 0.3) is 5.91 Å². The highest BCUT2D eigenvalue weighted by Crippen LogP contribution is 2.30. The topological polar surface area (TPSA) is 93.0 Å². The Labute approximate surface area is 212 Å². The van der Waals surface area contributed by atoms with Gasteiger partial charge in [-0.15, -0.1) is 0 Å². The minimum absolute atomic E-state index is 0.104. The normalized spacial score (nSPS) is 14.4. The summed E-state index contributed by atoms with van der Waals surface area (Å²) in [7, 11) is 0. The molecule has 1 unspecified atom stereocenters. The summed E-state index contributed by atoms with van der Waals surface area (Å²) in [4.78, 5) is 43.8. The van der Waals surface area contributed by atoms with Crippen LogP contribution in [-0.4, -0.2) is 58.7 Å². The van der Waals surface area contributed by atoms with Gasteiger partial charge in [-0.1, -0.05) is 48.0 Å². The number of hydrogen-bond donors (Lipinski definition) is 1. The molecule has 2 aromatic carbocycles. The number of rotatable bonds is 6. The van der Waals surface area contributed by atoms with Crippen LogP contribution in [0.1, 0.15) is 22.0 Å². The van der Waals surface area contributed by atoms with E-state index in [9.17, 15) is 14.4 Å². The number of benzene rings is 2. The largest absolute Gasteiger partial charge is 0.378 e. The molecule has 36 heavy (non-hydrogen) atoms. The van der Waals surface area contributed by atoms with Gasteiger partial charge in [0, 0.05) is 19.3 Å². The molecule has 1 saturated heterocycles. The zero-order valence-electron chi connectivity index (χ0n) is 19.3. The van der Waals surface area contributed by atoms with E-state index < -0.39 is 11.8 Å². The number of carbonyl (C=O) groups is 3. The first-order valence-corrected chi connectivity index (χ1v) is 11.9. The van der Waals surface area contributed by atoms with Crippen LogP contribution in [0.3, 0.4) is 0 Å². The molecule has 0 aliphatic carbocycles. The van der Waals surface area contributed by atoms with Crippen LogP contribution in [0.4, 0.5) is 5.69 Å². The fraction of sp³-hybridized carbons (Fsp3) is 0.185. The van der Waals surface area contributed by atoms with E-state index in [2.05, 4.69) is 10.3 Å². The number of aromatic nitrogens is 2. The molecule has 0 radical (unpaired) electrons. The van der Waals surface area contributed by atoms with E-state index in [-0.39, 0.29) is 5.91 Å². The minimum Gasteiger partial charge on any atom is -0.378 e. The van der Waals surface area contributed by atoms with E-state index >= 15 is 0 Å². The van der Waals surface area contributed by atoms with E-state index in [1.54, 1.807) is 51.9 Å². The average molecular weight is 503 g/mol. The SMILES string of the molecule is O=CC(C(=O)Nc1cc(-c2ccc3ncc(C(=O)N4CCOCC4)n3c2)ccc1Cl)c1ccccc1. The highest BCUT2D eigenvalue weighted by atomic mass is 35.5. The summed E-state index contributed by atoms with van der Waals surface area (Å²) in [6, 6.07) is 17.8. The highest BCUT2D eigenvalue weighted by molar-refractivity contribution is 6.34. The van der Waals surface area contributed by atoms with Gasteiger partial charge in [0.15, 0.2) is 0 Å². The Bertz CT molecular complexity index is 1430. The Morgan fingerprint density at radius 3 is 2.53 bits per heavy atom. The van der Waals surface area contributed by atoms with Crippen LogP contribution in [0.15, 0.2) is 73.1 Å². The number of aldehydes is 1. The van der Waals surface area contributed by atoms with Crippen molar-refractivity contribution in [2.24, 2.45) is 0 Å². The first-order valence-electron chi connectivity index (χ1n) is 11.5. The molecule has 0 saturated carbocycles. The molecule has 182 valence electrons. The predicted molar refractivity (Wildman–Crippen MR) is 136 cm³/mol. The lowest BCUT2D eigenvalue weighted by molar-refractivity contribution is -0.122. The molecule has 2 aromatic heterocycles. The van der Waals surface area contributed by atoms with Gasteiger partial charge in [-0.25, -0.2) is 4.98 Å². The molecule has 4 aromatic rings. The number of ether oxygens (including phenoxy) is 1. The first kappa shape index (κ1) is 23.7. The Morgan fingerprint density at radius 1 is 1.03 bits per heavy atom. The van der Waals surface area contributed by atoms with E-state index in [0.717, 1.165) is 11.1 Å². The lowest BCUT2D eigenvalue weighted by atomic mass is 9.99. The lowest BCUT2D eigenvalue weighted by Crippen LogP contribution is -2.41. The van der Waals surface area contributed by atoms with Crippen LogP contribution >= 0.6 is 11.6 Å². The zero-order valence-corrected chi connectivity index (χ0v) is 20.0. The van der Waals surface area contributed by atoms with Crippen LogP contribution < -0.4 is 5.32 Å². The summed E-state index contributed by atoms with van der Waals surface area (Å²) >= 11 is 6.37. The van der Waals surface area contributed by atoms with E-state index in [1.165, 1.54) is 0 Å². The third kappa shape index (κ3) is 4.73. The number of hydrogen-bond acceptors (Lipinski definition) is 5. The smallest absolute Gasteiger partial charge is 0.272 e. The number of nitrogens with zero attached hydrogens (tertiary/aromatic N) is 3. The Balaban J connectivity index is 1.43. The van der Waals surface area contributed by atoms with Gasteiger partial charge in [-0.05, 0) is 41.0 Å². The summed E-state index contributed by atoms with van der Waals surface area (Å²) in [6.45, 7) is 2.11. The molecule has 5 rings (SSSR count). The molecule has 3 heterocycles. The Kier molecular flexibility index (Phi) is 6.79. The van der Waals surface area contributed by atoms with Gasteiger partial charge in [-0.2, -0.15) is 0 Å². The minimum atomic E-state index is -0.957. The fourth-order valence-corrected chi connectivity index (χ4v) is 4.37. The molecule has 0 bridgehead atoms. The van der Waals surface area contributed by atoms with Crippen LogP contribution in [0, 0.1) is 0 Å². The third-order valence-electron chi connectivity index (χ3n) is 6.16. The van der Waals surface area contributed by atoms with E-state index in [4.69, 9.17) is 16.3 Å². The molecule has 1 N–H and O–H groups in total. The number of fused-ring (bicyclic) bond motifs is 1. The van der Waals surface area contributed by atoms with Crippen molar-refractivity contribution >= 4 is 41.0 Å². The lowest BCUT2D eigenvalue weighted by Gasteiger charge is -2.26. The standard InChI is InChI=1S/C27H23ClN4O4/c28-22-8-6-19(14-23(22)30-26(34)21(17-33)18-4-2-1-3-5-18)20-7-9-25-29-15-24(32(25)16-20)27(35)31-10-12-36-13-11-31/h1-9,14-17,21H,10-13H2,(H,30,34). The molecular formula is C27H23ClN4O4. The van der Waals surface area contributed by atoms with Crippen molar-refractivity contribution in [3.63, 3.8) is 0 Å². The average Bonchev–Trinajstić information content (AvgIpc) is 3.34. The van der Waals surface area contributed by atoms with Gasteiger partial charge < -0.3 is 19.7 Å².